The Bertz CT molecular complexity index is 520. The lowest BCUT2D eigenvalue weighted by Crippen LogP contribution is -2.24. The number of nitrogens with one attached hydrogen (secondary N) is 1. The van der Waals surface area contributed by atoms with E-state index in [-0.39, 0.29) is 5.91 Å². The number of carbonyl (C=O) groups excluding carboxylic acids is 1. The lowest BCUT2D eigenvalue weighted by atomic mass is 10.1. The largest absolute Gasteiger partial charge is 0.352 e. The second-order valence-electron chi connectivity index (χ2n) is 4.48. The fraction of sp³-hybridized carbons (Fsp3) is 0.250. The minimum Gasteiger partial charge on any atom is -0.352 e. The van der Waals surface area contributed by atoms with Gasteiger partial charge in [0.2, 0.25) is 5.91 Å². The Morgan fingerprint density at radius 3 is 2.47 bits per heavy atom. The van der Waals surface area contributed by atoms with E-state index in [4.69, 9.17) is 0 Å². The van der Waals surface area contributed by atoms with E-state index in [2.05, 4.69) is 41.5 Å². The van der Waals surface area contributed by atoms with Crippen LogP contribution in [-0.4, -0.2) is 10.9 Å². The van der Waals surface area contributed by atoms with Crippen molar-refractivity contribution in [3.63, 3.8) is 0 Å². The maximum absolute atomic E-state index is 11.8. The van der Waals surface area contributed by atoms with Crippen LogP contribution >= 0.6 is 0 Å². The third kappa shape index (κ3) is 4.21. The van der Waals surface area contributed by atoms with Crippen LogP contribution in [-0.2, 0) is 24.2 Å². The zero-order valence-corrected chi connectivity index (χ0v) is 11.1. The van der Waals surface area contributed by atoms with Gasteiger partial charge in [0.25, 0.3) is 0 Å². The molecular weight excluding hydrogens is 236 g/mol. The number of hydrogen-bond donors (Lipinski definition) is 1. The molecule has 19 heavy (non-hydrogen) atoms. The minimum atomic E-state index is 0.0209. The first-order valence-corrected chi connectivity index (χ1v) is 6.51. The van der Waals surface area contributed by atoms with Crippen molar-refractivity contribution in [1.29, 1.82) is 0 Å². The second kappa shape index (κ2) is 6.69. The number of nitrogens with zero attached hydrogens (tertiary/aromatic N) is 1. The molecule has 98 valence electrons. The number of rotatable bonds is 5. The van der Waals surface area contributed by atoms with Crippen LogP contribution in [0.5, 0.6) is 0 Å². The molecule has 2 rings (SSSR count). The van der Waals surface area contributed by atoms with Crippen molar-refractivity contribution in [2.75, 3.05) is 0 Å². The summed E-state index contributed by atoms with van der Waals surface area (Å²) < 4.78 is 0. The Labute approximate surface area is 113 Å². The first kappa shape index (κ1) is 13.3. The lowest BCUT2D eigenvalue weighted by molar-refractivity contribution is -0.120. The fourth-order valence-electron chi connectivity index (χ4n) is 1.84. The normalized spacial score (nSPS) is 10.2. The van der Waals surface area contributed by atoms with Gasteiger partial charge in [-0.05, 0) is 29.2 Å². The second-order valence-corrected chi connectivity index (χ2v) is 4.48. The summed E-state index contributed by atoms with van der Waals surface area (Å²) in [4.78, 5) is 15.8. The highest BCUT2D eigenvalue weighted by Gasteiger charge is 2.03. The standard InChI is InChI=1S/C16H18N2O/c1-2-13-5-7-14(8-6-13)12-18-16(19)10-15-4-3-9-17-11-15/h3-9,11H,2,10,12H2,1H3,(H,18,19). The van der Waals surface area contributed by atoms with Crippen molar-refractivity contribution in [1.82, 2.24) is 10.3 Å². The maximum Gasteiger partial charge on any atom is 0.224 e. The molecule has 1 aromatic carbocycles. The van der Waals surface area contributed by atoms with Crippen molar-refractivity contribution in [3.05, 3.63) is 65.5 Å². The van der Waals surface area contributed by atoms with E-state index < -0.39 is 0 Å². The van der Waals surface area contributed by atoms with E-state index in [1.165, 1.54) is 5.56 Å². The van der Waals surface area contributed by atoms with E-state index in [1.54, 1.807) is 12.4 Å². The van der Waals surface area contributed by atoms with Crippen molar-refractivity contribution >= 4 is 5.91 Å². The Morgan fingerprint density at radius 2 is 1.84 bits per heavy atom. The molecule has 0 aliphatic rings. The summed E-state index contributed by atoms with van der Waals surface area (Å²) in [5.41, 5.74) is 3.36. The average Bonchev–Trinajstić information content (AvgIpc) is 2.47. The van der Waals surface area contributed by atoms with E-state index in [0.29, 0.717) is 13.0 Å². The first-order chi connectivity index (χ1) is 9.28. The minimum absolute atomic E-state index is 0.0209. The highest BCUT2D eigenvalue weighted by atomic mass is 16.1. The Balaban J connectivity index is 1.83. The molecule has 0 saturated heterocycles. The van der Waals surface area contributed by atoms with E-state index in [0.717, 1.165) is 17.5 Å². The van der Waals surface area contributed by atoms with Crippen molar-refractivity contribution in [2.24, 2.45) is 0 Å². The monoisotopic (exact) mass is 254 g/mol. The van der Waals surface area contributed by atoms with Crippen molar-refractivity contribution < 1.29 is 4.79 Å². The molecule has 0 fully saturated rings. The zero-order valence-electron chi connectivity index (χ0n) is 11.1. The Hall–Kier alpha value is -2.16. The van der Waals surface area contributed by atoms with Crippen molar-refractivity contribution in [2.45, 2.75) is 26.3 Å². The number of amides is 1. The van der Waals surface area contributed by atoms with E-state index in [9.17, 15) is 4.79 Å². The summed E-state index contributed by atoms with van der Waals surface area (Å²) in [7, 11) is 0. The highest BCUT2D eigenvalue weighted by molar-refractivity contribution is 5.78. The summed E-state index contributed by atoms with van der Waals surface area (Å²) in [5, 5.41) is 2.92. The summed E-state index contributed by atoms with van der Waals surface area (Å²) in [6.07, 6.45) is 4.83. The van der Waals surface area contributed by atoms with Crippen LogP contribution in [0.25, 0.3) is 0 Å². The Kier molecular flexibility index (Phi) is 4.67. The molecule has 1 N–H and O–H groups in total. The molecule has 2 aromatic rings. The van der Waals surface area contributed by atoms with Gasteiger partial charge in [-0.25, -0.2) is 0 Å². The van der Waals surface area contributed by atoms with Crippen LogP contribution < -0.4 is 5.32 Å². The number of hydrogen-bond acceptors (Lipinski definition) is 2. The molecule has 1 heterocycles. The molecule has 0 aliphatic heterocycles. The molecule has 0 unspecified atom stereocenters. The first-order valence-electron chi connectivity index (χ1n) is 6.51. The predicted molar refractivity (Wildman–Crippen MR) is 75.6 cm³/mol. The van der Waals surface area contributed by atoms with Gasteiger partial charge in [-0.15, -0.1) is 0 Å². The van der Waals surface area contributed by atoms with Crippen LogP contribution in [0.1, 0.15) is 23.6 Å². The number of benzene rings is 1. The van der Waals surface area contributed by atoms with E-state index in [1.807, 2.05) is 12.1 Å². The number of carbonyl (C=O) groups is 1. The van der Waals surface area contributed by atoms with Gasteiger partial charge in [-0.2, -0.15) is 0 Å². The Morgan fingerprint density at radius 1 is 1.11 bits per heavy atom. The molecule has 0 atom stereocenters. The van der Waals surface area contributed by atoms with Gasteiger partial charge in [0.05, 0.1) is 6.42 Å². The van der Waals surface area contributed by atoms with E-state index >= 15 is 0 Å². The molecule has 0 spiro atoms. The van der Waals surface area contributed by atoms with Gasteiger partial charge in [0, 0.05) is 18.9 Å². The van der Waals surface area contributed by atoms with Gasteiger partial charge in [-0.1, -0.05) is 37.3 Å². The highest BCUT2D eigenvalue weighted by Crippen LogP contribution is 2.05. The van der Waals surface area contributed by atoms with Gasteiger partial charge >= 0.3 is 0 Å². The molecular formula is C16H18N2O. The molecule has 1 aromatic heterocycles. The van der Waals surface area contributed by atoms with Gasteiger partial charge in [-0.3, -0.25) is 9.78 Å². The van der Waals surface area contributed by atoms with Gasteiger partial charge in [0.15, 0.2) is 0 Å². The molecule has 1 amide bonds. The van der Waals surface area contributed by atoms with Crippen LogP contribution in [0.2, 0.25) is 0 Å². The maximum atomic E-state index is 11.8. The summed E-state index contributed by atoms with van der Waals surface area (Å²) in [6.45, 7) is 2.70. The van der Waals surface area contributed by atoms with Crippen LogP contribution in [0.3, 0.4) is 0 Å². The van der Waals surface area contributed by atoms with Crippen LogP contribution in [0, 0.1) is 0 Å². The molecule has 0 bridgehead atoms. The number of pyridine rings is 1. The van der Waals surface area contributed by atoms with Crippen LogP contribution in [0.4, 0.5) is 0 Å². The molecule has 3 heteroatoms. The SMILES string of the molecule is CCc1ccc(CNC(=O)Cc2cccnc2)cc1. The van der Waals surface area contributed by atoms with Gasteiger partial charge < -0.3 is 5.32 Å². The summed E-state index contributed by atoms with van der Waals surface area (Å²) in [6, 6.07) is 12.1. The fourth-order valence-corrected chi connectivity index (χ4v) is 1.84. The van der Waals surface area contributed by atoms with Crippen LogP contribution in [0.15, 0.2) is 48.8 Å². The zero-order chi connectivity index (χ0) is 13.5. The smallest absolute Gasteiger partial charge is 0.224 e. The topological polar surface area (TPSA) is 42.0 Å². The quantitative estimate of drug-likeness (QED) is 0.890. The summed E-state index contributed by atoms with van der Waals surface area (Å²) >= 11 is 0. The summed E-state index contributed by atoms with van der Waals surface area (Å²) in [5.74, 6) is 0.0209. The lowest BCUT2D eigenvalue weighted by Gasteiger charge is -2.06. The number of aryl methyl sites for hydroxylation is 1. The molecule has 3 nitrogen and oxygen atoms in total. The third-order valence-electron chi connectivity index (χ3n) is 3.01. The molecule has 0 aliphatic carbocycles. The number of aromatic nitrogens is 1. The molecule has 0 radical (unpaired) electrons. The predicted octanol–water partition coefficient (Wildman–Crippen LogP) is 2.50. The van der Waals surface area contributed by atoms with Gasteiger partial charge in [0.1, 0.15) is 0 Å². The third-order valence-corrected chi connectivity index (χ3v) is 3.01. The molecule has 0 saturated carbocycles. The van der Waals surface area contributed by atoms with Crippen molar-refractivity contribution in [3.8, 4) is 0 Å². The average molecular weight is 254 g/mol.